The minimum atomic E-state index is -0.622. The van der Waals surface area contributed by atoms with Crippen LogP contribution in [-0.4, -0.2) is 69.2 Å². The number of nitrogens with two attached hydrogens (primary N) is 1. The smallest absolute Gasteiger partial charge is 0.257 e. The number of aromatic nitrogens is 2. The van der Waals surface area contributed by atoms with E-state index in [1.165, 1.54) is 6.20 Å². The van der Waals surface area contributed by atoms with Crippen LogP contribution in [-0.2, 0) is 6.54 Å². The molecule has 1 aliphatic heterocycles. The number of carbonyl (C=O) groups is 2. The predicted molar refractivity (Wildman–Crippen MR) is 90.7 cm³/mol. The summed E-state index contributed by atoms with van der Waals surface area (Å²) in [6.07, 6.45) is 2.42. The summed E-state index contributed by atoms with van der Waals surface area (Å²) >= 11 is 0. The van der Waals surface area contributed by atoms with Gasteiger partial charge in [0.1, 0.15) is 0 Å². The average molecular weight is 343 g/mol. The Kier molecular flexibility index (Phi) is 5.11. The fourth-order valence-corrected chi connectivity index (χ4v) is 2.97. The summed E-state index contributed by atoms with van der Waals surface area (Å²) in [6.45, 7) is 2.58. The number of amides is 2. The fourth-order valence-electron chi connectivity index (χ4n) is 2.97. The predicted octanol–water partition coefficient (Wildman–Crippen LogP) is -0.172. The van der Waals surface area contributed by atoms with Gasteiger partial charge in [0.25, 0.3) is 5.91 Å². The number of nitrogens with one attached hydrogen (secondary N) is 1. The first-order chi connectivity index (χ1) is 12.0. The van der Waals surface area contributed by atoms with E-state index >= 15 is 0 Å². The van der Waals surface area contributed by atoms with E-state index < -0.39 is 12.0 Å². The molecule has 25 heavy (non-hydrogen) atoms. The molecule has 1 aromatic heterocycles. The number of aliphatic hydroxyl groups is 1. The SMILES string of the molecule is NC(=O)c1ccc(CN2CCN(C(=O)c3cn[nH]c3)CC(O)C2)cc1. The lowest BCUT2D eigenvalue weighted by Gasteiger charge is -2.21. The van der Waals surface area contributed by atoms with Gasteiger partial charge < -0.3 is 15.7 Å². The van der Waals surface area contributed by atoms with Crippen LogP contribution in [0.1, 0.15) is 26.3 Å². The van der Waals surface area contributed by atoms with E-state index in [1.807, 2.05) is 12.1 Å². The molecule has 0 bridgehead atoms. The van der Waals surface area contributed by atoms with Crippen LogP contribution in [0.5, 0.6) is 0 Å². The number of rotatable bonds is 4. The molecule has 2 aromatic rings. The van der Waals surface area contributed by atoms with Gasteiger partial charge in [-0.05, 0) is 17.7 Å². The maximum atomic E-state index is 12.4. The van der Waals surface area contributed by atoms with Crippen LogP contribution in [0.25, 0.3) is 0 Å². The summed E-state index contributed by atoms with van der Waals surface area (Å²) in [7, 11) is 0. The maximum absolute atomic E-state index is 12.4. The second-order valence-corrected chi connectivity index (χ2v) is 6.19. The van der Waals surface area contributed by atoms with Crippen molar-refractivity contribution in [1.29, 1.82) is 0 Å². The third-order valence-corrected chi connectivity index (χ3v) is 4.26. The van der Waals surface area contributed by atoms with E-state index in [4.69, 9.17) is 5.73 Å². The molecule has 1 unspecified atom stereocenters. The molecule has 1 aliphatic rings. The number of benzene rings is 1. The highest BCUT2D eigenvalue weighted by molar-refractivity contribution is 5.93. The molecule has 1 fully saturated rings. The van der Waals surface area contributed by atoms with Gasteiger partial charge in [0, 0.05) is 44.5 Å². The molecule has 2 amide bonds. The van der Waals surface area contributed by atoms with Gasteiger partial charge >= 0.3 is 0 Å². The topological polar surface area (TPSA) is 116 Å². The molecule has 132 valence electrons. The van der Waals surface area contributed by atoms with Gasteiger partial charge in [0.15, 0.2) is 0 Å². The number of aliphatic hydroxyl groups excluding tert-OH is 1. The minimum Gasteiger partial charge on any atom is -0.390 e. The molecule has 1 aromatic carbocycles. The van der Waals surface area contributed by atoms with Crippen molar-refractivity contribution >= 4 is 11.8 Å². The largest absolute Gasteiger partial charge is 0.390 e. The van der Waals surface area contributed by atoms with Gasteiger partial charge in [-0.2, -0.15) is 5.10 Å². The summed E-state index contributed by atoms with van der Waals surface area (Å²) in [6, 6.07) is 7.10. The number of nitrogens with zero attached hydrogens (tertiary/aromatic N) is 3. The number of H-pyrrole nitrogens is 1. The summed E-state index contributed by atoms with van der Waals surface area (Å²) in [4.78, 5) is 27.3. The number of primary amides is 1. The Hall–Kier alpha value is -2.71. The monoisotopic (exact) mass is 343 g/mol. The van der Waals surface area contributed by atoms with Gasteiger partial charge in [-0.15, -0.1) is 0 Å². The Morgan fingerprint density at radius 2 is 1.96 bits per heavy atom. The molecular weight excluding hydrogens is 322 g/mol. The molecule has 0 aliphatic carbocycles. The number of aromatic amines is 1. The summed E-state index contributed by atoms with van der Waals surface area (Å²) in [5, 5.41) is 16.7. The maximum Gasteiger partial charge on any atom is 0.257 e. The van der Waals surface area contributed by atoms with E-state index in [9.17, 15) is 14.7 Å². The first-order valence-electron chi connectivity index (χ1n) is 8.10. The van der Waals surface area contributed by atoms with Crippen molar-refractivity contribution < 1.29 is 14.7 Å². The van der Waals surface area contributed by atoms with Crippen LogP contribution in [0, 0.1) is 0 Å². The van der Waals surface area contributed by atoms with E-state index in [2.05, 4.69) is 15.1 Å². The van der Waals surface area contributed by atoms with E-state index in [-0.39, 0.29) is 5.91 Å². The normalized spacial score (nSPS) is 18.8. The van der Waals surface area contributed by atoms with Crippen molar-refractivity contribution in [2.24, 2.45) is 5.73 Å². The molecular formula is C17H21N5O3. The molecule has 8 heteroatoms. The van der Waals surface area contributed by atoms with Crippen molar-refractivity contribution in [2.75, 3.05) is 26.2 Å². The quantitative estimate of drug-likeness (QED) is 0.713. The van der Waals surface area contributed by atoms with Crippen LogP contribution in [0.3, 0.4) is 0 Å². The van der Waals surface area contributed by atoms with Crippen LogP contribution in [0.15, 0.2) is 36.7 Å². The summed E-state index contributed by atoms with van der Waals surface area (Å²) in [5.41, 5.74) is 7.22. The second-order valence-electron chi connectivity index (χ2n) is 6.19. The van der Waals surface area contributed by atoms with Gasteiger partial charge in [0.2, 0.25) is 5.91 Å². The third kappa shape index (κ3) is 4.23. The lowest BCUT2D eigenvalue weighted by molar-refractivity contribution is 0.0663. The van der Waals surface area contributed by atoms with Crippen LogP contribution in [0.4, 0.5) is 0 Å². The molecule has 8 nitrogen and oxygen atoms in total. The number of hydrogen-bond donors (Lipinski definition) is 3. The van der Waals surface area contributed by atoms with Gasteiger partial charge in [-0.3, -0.25) is 19.6 Å². The zero-order valence-electron chi connectivity index (χ0n) is 13.8. The Morgan fingerprint density at radius 3 is 2.60 bits per heavy atom. The highest BCUT2D eigenvalue weighted by Gasteiger charge is 2.25. The number of carbonyl (C=O) groups excluding carboxylic acids is 2. The Labute approximate surface area is 145 Å². The molecule has 1 saturated heterocycles. The van der Waals surface area contributed by atoms with Gasteiger partial charge in [-0.1, -0.05) is 12.1 Å². The van der Waals surface area contributed by atoms with Crippen LogP contribution < -0.4 is 5.73 Å². The van der Waals surface area contributed by atoms with Crippen molar-refractivity contribution in [3.05, 3.63) is 53.3 Å². The lowest BCUT2D eigenvalue weighted by Crippen LogP contribution is -2.37. The fraction of sp³-hybridized carbons (Fsp3) is 0.353. The Morgan fingerprint density at radius 1 is 1.20 bits per heavy atom. The van der Waals surface area contributed by atoms with E-state index in [0.717, 1.165) is 5.56 Å². The zero-order chi connectivity index (χ0) is 17.8. The molecule has 2 heterocycles. The highest BCUT2D eigenvalue weighted by Crippen LogP contribution is 2.12. The summed E-state index contributed by atoms with van der Waals surface area (Å²) < 4.78 is 0. The van der Waals surface area contributed by atoms with Crippen molar-refractivity contribution in [3.63, 3.8) is 0 Å². The van der Waals surface area contributed by atoms with Crippen molar-refractivity contribution in [1.82, 2.24) is 20.0 Å². The van der Waals surface area contributed by atoms with Gasteiger partial charge in [-0.25, -0.2) is 0 Å². The molecule has 0 saturated carbocycles. The van der Waals surface area contributed by atoms with Gasteiger partial charge in [0.05, 0.1) is 17.9 Å². The standard InChI is InChI=1S/C17H21N5O3/c18-16(24)13-3-1-12(2-4-13)9-21-5-6-22(11-15(23)10-21)17(25)14-7-19-20-8-14/h1-4,7-8,15,23H,5-6,9-11H2,(H2,18,24)(H,19,20). The molecule has 3 rings (SSSR count). The Balaban J connectivity index is 1.63. The zero-order valence-corrected chi connectivity index (χ0v) is 13.8. The first kappa shape index (κ1) is 17.1. The van der Waals surface area contributed by atoms with Crippen LogP contribution in [0.2, 0.25) is 0 Å². The molecule has 1 atom stereocenters. The average Bonchev–Trinajstić information content (AvgIpc) is 3.06. The molecule has 4 N–H and O–H groups in total. The third-order valence-electron chi connectivity index (χ3n) is 4.26. The molecule has 0 spiro atoms. The Bertz CT molecular complexity index is 729. The molecule has 0 radical (unpaired) electrons. The summed E-state index contributed by atoms with van der Waals surface area (Å²) in [5.74, 6) is -0.592. The number of β-amino-alcohol motifs (C(OH)–C–C–N with tert-alkyl or cyclic N) is 1. The number of hydrogen-bond acceptors (Lipinski definition) is 5. The minimum absolute atomic E-state index is 0.138. The van der Waals surface area contributed by atoms with E-state index in [1.54, 1.807) is 23.2 Å². The van der Waals surface area contributed by atoms with Crippen LogP contribution >= 0.6 is 0 Å². The van der Waals surface area contributed by atoms with Crippen molar-refractivity contribution in [3.8, 4) is 0 Å². The lowest BCUT2D eigenvalue weighted by atomic mass is 10.1. The van der Waals surface area contributed by atoms with E-state index in [0.29, 0.717) is 43.9 Å². The van der Waals surface area contributed by atoms with Crippen molar-refractivity contribution in [2.45, 2.75) is 12.6 Å². The second kappa shape index (κ2) is 7.45. The first-order valence-corrected chi connectivity index (χ1v) is 8.10. The highest BCUT2D eigenvalue weighted by atomic mass is 16.3.